The Bertz CT molecular complexity index is 172. The third-order valence-electron chi connectivity index (χ3n) is 3.00. The smallest absolute Gasteiger partial charge is 0.183 e. The highest BCUT2D eigenvalue weighted by Gasteiger charge is 2.47. The first-order valence-corrected chi connectivity index (χ1v) is 4.43. The topological polar surface area (TPSA) is 30.0 Å². The summed E-state index contributed by atoms with van der Waals surface area (Å²) in [5.41, 5.74) is 0. The van der Waals surface area contributed by atoms with E-state index in [0.29, 0.717) is 0 Å². The number of hydrogen-bond donors (Lipinski definition) is 1. The molecule has 68 valence electrons. The number of quaternary nitrogens is 1. The zero-order chi connectivity index (χ0) is 8.18. The highest BCUT2D eigenvalue weighted by molar-refractivity contribution is 4.72. The molecule has 4 fully saturated rings. The van der Waals surface area contributed by atoms with E-state index in [1.165, 1.54) is 0 Å². The lowest BCUT2D eigenvalue weighted by atomic mass is 10.3. The van der Waals surface area contributed by atoms with Gasteiger partial charge in [-0.2, -0.15) is 0 Å². The molecule has 0 aliphatic carbocycles. The fourth-order valence-electron chi connectivity index (χ4n) is 2.79. The highest BCUT2D eigenvalue weighted by atomic mass is 16.3. The molecule has 4 aliphatic heterocycles. The maximum absolute atomic E-state index is 9.32. The molecule has 5 heteroatoms. The first kappa shape index (κ1) is 7.23. The molecule has 0 amide bonds. The molecule has 4 aliphatic rings. The molecular weight excluding hydrogens is 156 g/mol. The Balaban J connectivity index is 1.90. The van der Waals surface area contributed by atoms with Crippen molar-refractivity contribution in [3.05, 3.63) is 0 Å². The summed E-state index contributed by atoms with van der Waals surface area (Å²) in [6.45, 7) is 6.66. The molecule has 4 heterocycles. The van der Waals surface area contributed by atoms with E-state index >= 15 is 0 Å². The molecule has 5 nitrogen and oxygen atoms in total. The first-order chi connectivity index (χ1) is 5.80. The quantitative estimate of drug-likeness (QED) is 0.484. The lowest BCUT2D eigenvalue weighted by Crippen LogP contribution is -2.79. The van der Waals surface area contributed by atoms with Crippen molar-refractivity contribution in [2.75, 3.05) is 46.7 Å². The van der Waals surface area contributed by atoms with E-state index in [1.807, 2.05) is 0 Å². The van der Waals surface area contributed by atoms with Crippen molar-refractivity contribution in [2.24, 2.45) is 0 Å². The van der Waals surface area contributed by atoms with E-state index in [1.54, 1.807) is 0 Å². The molecule has 0 radical (unpaired) electrons. The number of aliphatic hydroxyl groups excluding tert-OH is 1. The van der Waals surface area contributed by atoms with Gasteiger partial charge in [0.25, 0.3) is 0 Å². The molecule has 0 aromatic heterocycles. The van der Waals surface area contributed by atoms with Crippen LogP contribution in [0.4, 0.5) is 0 Å². The van der Waals surface area contributed by atoms with Crippen LogP contribution in [0.3, 0.4) is 0 Å². The number of aliphatic hydroxyl groups is 1. The Morgan fingerprint density at radius 1 is 0.917 bits per heavy atom. The van der Waals surface area contributed by atoms with Crippen molar-refractivity contribution < 1.29 is 9.59 Å². The zero-order valence-electron chi connectivity index (χ0n) is 7.19. The third-order valence-corrected chi connectivity index (χ3v) is 3.00. The van der Waals surface area contributed by atoms with Crippen LogP contribution >= 0.6 is 0 Å². The van der Waals surface area contributed by atoms with E-state index in [2.05, 4.69) is 14.7 Å². The maximum Gasteiger partial charge on any atom is 0.183 e. The maximum atomic E-state index is 9.32. The monoisotopic (exact) mass is 171 g/mol. The average molecular weight is 171 g/mol. The molecule has 0 aromatic rings. The lowest BCUT2D eigenvalue weighted by molar-refractivity contribution is -0.994. The molecule has 4 saturated heterocycles. The Hall–Kier alpha value is -0.200. The van der Waals surface area contributed by atoms with E-state index < -0.39 is 0 Å². The van der Waals surface area contributed by atoms with Crippen LogP contribution in [0.15, 0.2) is 0 Å². The van der Waals surface area contributed by atoms with Crippen molar-refractivity contribution >= 4 is 0 Å². The van der Waals surface area contributed by atoms with Crippen LogP contribution in [0.1, 0.15) is 0 Å². The second kappa shape index (κ2) is 2.18. The minimum Gasteiger partial charge on any atom is -0.347 e. The van der Waals surface area contributed by atoms with Gasteiger partial charge in [0.15, 0.2) is 6.73 Å². The van der Waals surface area contributed by atoms with Crippen LogP contribution in [-0.2, 0) is 0 Å². The van der Waals surface area contributed by atoms with Gasteiger partial charge in [0, 0.05) is 0 Å². The van der Waals surface area contributed by atoms with Crippen LogP contribution in [0.25, 0.3) is 0 Å². The van der Waals surface area contributed by atoms with Gasteiger partial charge in [-0.15, -0.1) is 0 Å². The van der Waals surface area contributed by atoms with Gasteiger partial charge in [-0.3, -0.25) is 4.48 Å². The molecule has 4 rings (SSSR count). The van der Waals surface area contributed by atoms with Crippen molar-refractivity contribution in [1.82, 2.24) is 14.7 Å². The fraction of sp³-hybridized carbons (Fsp3) is 1.00. The van der Waals surface area contributed by atoms with Crippen LogP contribution in [0.5, 0.6) is 0 Å². The largest absolute Gasteiger partial charge is 0.347 e. The van der Waals surface area contributed by atoms with Crippen LogP contribution in [-0.4, -0.2) is 71.0 Å². The molecular formula is C7H15N4O+. The Labute approximate surface area is 72.0 Å². The van der Waals surface area contributed by atoms with Gasteiger partial charge in [-0.25, -0.2) is 14.7 Å². The summed E-state index contributed by atoms with van der Waals surface area (Å²) < 4.78 is 0.833. The standard InChI is InChI=1S/C7H15N4O/c12-7-11-4-8-1-9(5-11)3-10(2-8)6-11/h12H,1-7H2/q+1. The van der Waals surface area contributed by atoms with E-state index in [9.17, 15) is 5.11 Å². The van der Waals surface area contributed by atoms with Crippen molar-refractivity contribution in [3.63, 3.8) is 0 Å². The summed E-state index contributed by atoms with van der Waals surface area (Å²) in [6, 6.07) is 0. The van der Waals surface area contributed by atoms with Gasteiger partial charge < -0.3 is 5.11 Å². The number of rotatable bonds is 1. The summed E-state index contributed by atoms with van der Waals surface area (Å²) in [5.74, 6) is 0. The van der Waals surface area contributed by atoms with Gasteiger partial charge in [0.2, 0.25) is 0 Å². The van der Waals surface area contributed by atoms with Crippen LogP contribution < -0.4 is 0 Å². The summed E-state index contributed by atoms with van der Waals surface area (Å²) in [7, 11) is 0. The predicted molar refractivity (Wildman–Crippen MR) is 42.1 cm³/mol. The van der Waals surface area contributed by atoms with Gasteiger partial charge in [-0.05, 0) is 0 Å². The minimum absolute atomic E-state index is 0.281. The normalized spacial score (nSPS) is 56.2. The van der Waals surface area contributed by atoms with Gasteiger partial charge in [0.1, 0.15) is 20.0 Å². The van der Waals surface area contributed by atoms with Crippen molar-refractivity contribution in [3.8, 4) is 0 Å². The van der Waals surface area contributed by atoms with Gasteiger partial charge in [0.05, 0.1) is 20.0 Å². The molecule has 0 aromatic carbocycles. The summed E-state index contributed by atoms with van der Waals surface area (Å²) in [6.07, 6.45) is 0. The van der Waals surface area contributed by atoms with Crippen molar-refractivity contribution in [2.45, 2.75) is 0 Å². The van der Waals surface area contributed by atoms with E-state index in [0.717, 1.165) is 44.5 Å². The van der Waals surface area contributed by atoms with E-state index in [-0.39, 0.29) is 6.73 Å². The molecule has 4 bridgehead atoms. The second-order valence-electron chi connectivity index (χ2n) is 4.34. The Morgan fingerprint density at radius 3 is 1.67 bits per heavy atom. The van der Waals surface area contributed by atoms with Crippen molar-refractivity contribution in [1.29, 1.82) is 0 Å². The summed E-state index contributed by atoms with van der Waals surface area (Å²) >= 11 is 0. The summed E-state index contributed by atoms with van der Waals surface area (Å²) in [4.78, 5) is 7.19. The van der Waals surface area contributed by atoms with Gasteiger partial charge in [-0.1, -0.05) is 0 Å². The molecule has 0 atom stereocenters. The molecule has 12 heavy (non-hydrogen) atoms. The second-order valence-corrected chi connectivity index (χ2v) is 4.34. The van der Waals surface area contributed by atoms with Crippen LogP contribution in [0, 0.1) is 0 Å². The minimum atomic E-state index is 0.281. The highest BCUT2D eigenvalue weighted by Crippen LogP contribution is 2.27. The van der Waals surface area contributed by atoms with Gasteiger partial charge >= 0.3 is 0 Å². The lowest BCUT2D eigenvalue weighted by Gasteiger charge is -2.59. The number of nitrogens with zero attached hydrogens (tertiary/aromatic N) is 4. The SMILES string of the molecule is OC[N+]12CN3CN(CN(C3)C1)C2. The molecule has 1 N–H and O–H groups in total. The zero-order valence-corrected chi connectivity index (χ0v) is 7.19. The average Bonchev–Trinajstić information content (AvgIpc) is 2.02. The fourth-order valence-corrected chi connectivity index (χ4v) is 2.79. The van der Waals surface area contributed by atoms with E-state index in [4.69, 9.17) is 0 Å². The van der Waals surface area contributed by atoms with Crippen LogP contribution in [0.2, 0.25) is 0 Å². The Morgan fingerprint density at radius 2 is 1.33 bits per heavy atom. The predicted octanol–water partition coefficient (Wildman–Crippen LogP) is -1.56. The number of hydrogen-bond acceptors (Lipinski definition) is 4. The Kier molecular flexibility index (Phi) is 1.31. The summed E-state index contributed by atoms with van der Waals surface area (Å²) in [5, 5.41) is 9.32. The first-order valence-electron chi connectivity index (χ1n) is 4.43. The third kappa shape index (κ3) is 0.855. The molecule has 0 saturated carbocycles. The molecule has 0 unspecified atom stereocenters. The molecule has 0 spiro atoms.